The maximum absolute atomic E-state index is 6.56. The molecule has 0 radical (unpaired) electrons. The molecule has 5 aliphatic heterocycles. The highest BCUT2D eigenvalue weighted by Crippen LogP contribution is 2.40. The molecule has 0 unspecified atom stereocenters. The molecule has 0 aliphatic carbocycles. The lowest BCUT2D eigenvalue weighted by Gasteiger charge is -2.09. The van der Waals surface area contributed by atoms with Crippen LogP contribution in [-0.2, 0) is 0 Å². The lowest BCUT2D eigenvalue weighted by atomic mass is 10.0. The van der Waals surface area contributed by atoms with E-state index in [0.717, 1.165) is 56.8 Å². The zero-order valence-corrected chi connectivity index (χ0v) is 19.2. The van der Waals surface area contributed by atoms with E-state index in [-0.39, 0.29) is 0 Å². The average Bonchev–Trinajstić information content (AvgIpc) is 3.58. The van der Waals surface area contributed by atoms with Gasteiger partial charge in [0.2, 0.25) is 0 Å². The van der Waals surface area contributed by atoms with Crippen molar-refractivity contribution in [2.24, 2.45) is 20.0 Å². The van der Waals surface area contributed by atoms with Gasteiger partial charge in [-0.2, -0.15) is 0 Å². The largest absolute Gasteiger partial charge is 0.249 e. The van der Waals surface area contributed by atoms with E-state index in [4.69, 9.17) is 44.8 Å². The Labute approximate surface area is 205 Å². The summed E-state index contributed by atoms with van der Waals surface area (Å²) in [6.07, 6.45) is 21.5. The third kappa shape index (κ3) is 3.87. The summed E-state index contributed by atoms with van der Waals surface area (Å²) in [6, 6.07) is 3.58. The number of fused-ring (bicyclic) bond motifs is 4. The van der Waals surface area contributed by atoms with E-state index >= 15 is 0 Å². The summed E-state index contributed by atoms with van der Waals surface area (Å²) < 4.78 is 0. The SMILES string of the molecule is Clc1ccc(C2=CC3=NC2=CC2=NC(=CC4=NC(=CC5=NC(=C3)C=C5)C=C4)C=C2)c(Cl)c1Cl. The van der Waals surface area contributed by atoms with Crippen molar-refractivity contribution in [1.29, 1.82) is 0 Å². The van der Waals surface area contributed by atoms with E-state index in [9.17, 15) is 0 Å². The highest BCUT2D eigenvalue weighted by molar-refractivity contribution is 6.49. The Balaban J connectivity index is 1.52. The minimum absolute atomic E-state index is 0.314. The van der Waals surface area contributed by atoms with Crippen LogP contribution in [0.15, 0.2) is 122 Å². The topological polar surface area (TPSA) is 49.4 Å². The van der Waals surface area contributed by atoms with Gasteiger partial charge in [-0.25, -0.2) is 20.0 Å². The summed E-state index contributed by atoms with van der Waals surface area (Å²) in [5.41, 5.74) is 7.99. The van der Waals surface area contributed by atoms with Crippen LogP contribution in [0, 0.1) is 0 Å². The number of allylic oxidation sites excluding steroid dienone is 12. The van der Waals surface area contributed by atoms with E-state index in [2.05, 4.69) is 9.98 Å². The standard InChI is InChI=1S/C26H13Cl3N4/c27-23-8-7-21(25(28)26(23)29)22-12-20-11-18-4-3-16(31-18)9-14-1-2-15(30-14)10-17-5-6-19(32-17)13-24(22)33-20/h1-13H. The molecule has 0 saturated heterocycles. The van der Waals surface area contributed by atoms with Crippen molar-refractivity contribution in [3.63, 3.8) is 0 Å². The predicted molar refractivity (Wildman–Crippen MR) is 139 cm³/mol. The number of aliphatic imine (C=N–C) groups is 4. The average molecular weight is 488 g/mol. The van der Waals surface area contributed by atoms with Gasteiger partial charge in [-0.1, -0.05) is 40.9 Å². The number of hydrogen-bond donors (Lipinski definition) is 0. The molecule has 0 saturated carbocycles. The maximum atomic E-state index is 6.56. The molecule has 1 aromatic rings. The van der Waals surface area contributed by atoms with Crippen molar-refractivity contribution >= 4 is 63.2 Å². The van der Waals surface area contributed by atoms with E-state index in [1.54, 1.807) is 6.07 Å². The molecular weight excluding hydrogens is 475 g/mol. The fourth-order valence-corrected chi connectivity index (χ4v) is 4.48. The summed E-state index contributed by atoms with van der Waals surface area (Å²) >= 11 is 19.0. The Morgan fingerprint density at radius 2 is 1.03 bits per heavy atom. The zero-order valence-electron chi connectivity index (χ0n) is 16.9. The Kier molecular flexibility index (Phi) is 4.88. The van der Waals surface area contributed by atoms with Gasteiger partial charge in [0.05, 0.1) is 60.7 Å². The summed E-state index contributed by atoms with van der Waals surface area (Å²) in [5.74, 6) is 0. The normalized spacial score (nSPS) is 20.0. The molecule has 33 heavy (non-hydrogen) atoms. The molecule has 5 heterocycles. The van der Waals surface area contributed by atoms with Crippen molar-refractivity contribution in [2.75, 3.05) is 0 Å². The quantitative estimate of drug-likeness (QED) is 0.381. The summed E-state index contributed by atoms with van der Waals surface area (Å²) in [5, 5.41) is 1.10. The maximum Gasteiger partial charge on any atom is 0.0784 e. The van der Waals surface area contributed by atoms with Crippen LogP contribution in [0.2, 0.25) is 15.1 Å². The molecule has 0 fully saturated rings. The van der Waals surface area contributed by atoms with Gasteiger partial charge in [0, 0.05) is 11.1 Å². The molecule has 0 amide bonds. The Morgan fingerprint density at radius 3 is 1.64 bits per heavy atom. The second kappa shape index (κ2) is 7.92. The van der Waals surface area contributed by atoms with Gasteiger partial charge in [-0.05, 0) is 72.9 Å². The van der Waals surface area contributed by atoms with Gasteiger partial charge in [0.1, 0.15) is 0 Å². The van der Waals surface area contributed by atoms with E-state index in [1.807, 2.05) is 72.9 Å². The van der Waals surface area contributed by atoms with E-state index in [1.165, 1.54) is 0 Å². The van der Waals surface area contributed by atoms with Crippen LogP contribution in [0.3, 0.4) is 0 Å². The molecular formula is C26H13Cl3N4. The third-order valence-corrected chi connectivity index (χ3v) is 6.66. The summed E-state index contributed by atoms with van der Waals surface area (Å²) in [7, 11) is 0. The Bertz CT molecular complexity index is 1520. The second-order valence-electron chi connectivity index (χ2n) is 7.66. The van der Waals surface area contributed by atoms with Crippen molar-refractivity contribution in [3.8, 4) is 0 Å². The molecule has 6 rings (SSSR count). The zero-order chi connectivity index (χ0) is 22.5. The number of nitrogens with zero attached hydrogens (tertiary/aromatic N) is 4. The van der Waals surface area contributed by atoms with Gasteiger partial charge in [-0.3, -0.25) is 0 Å². The van der Waals surface area contributed by atoms with Crippen LogP contribution in [0.25, 0.3) is 5.57 Å². The molecule has 8 bridgehead atoms. The first-order chi connectivity index (χ1) is 16.0. The lowest BCUT2D eigenvalue weighted by Crippen LogP contribution is -1.92. The molecule has 1 aromatic carbocycles. The predicted octanol–water partition coefficient (Wildman–Crippen LogP) is 7.07. The summed E-state index contributed by atoms with van der Waals surface area (Å²) in [6.45, 7) is 0. The first-order valence-corrected chi connectivity index (χ1v) is 11.3. The van der Waals surface area contributed by atoms with Crippen molar-refractivity contribution in [1.82, 2.24) is 0 Å². The smallest absolute Gasteiger partial charge is 0.0784 e. The molecule has 5 aliphatic rings. The lowest BCUT2D eigenvalue weighted by molar-refractivity contribution is 1.41. The summed E-state index contributed by atoms with van der Waals surface area (Å²) in [4.78, 5) is 18.8. The van der Waals surface area contributed by atoms with E-state index < -0.39 is 0 Å². The minimum atomic E-state index is 0.314. The third-order valence-electron chi connectivity index (χ3n) is 5.36. The first kappa shape index (κ1) is 20.3. The molecule has 0 aromatic heterocycles. The fourth-order valence-electron chi connectivity index (χ4n) is 3.85. The van der Waals surface area contributed by atoms with Crippen LogP contribution < -0.4 is 0 Å². The van der Waals surface area contributed by atoms with Crippen molar-refractivity contribution in [2.45, 2.75) is 0 Å². The van der Waals surface area contributed by atoms with Crippen LogP contribution in [0.5, 0.6) is 0 Å². The van der Waals surface area contributed by atoms with Crippen LogP contribution >= 0.6 is 34.8 Å². The van der Waals surface area contributed by atoms with Crippen LogP contribution in [-0.4, -0.2) is 22.8 Å². The van der Waals surface area contributed by atoms with Crippen molar-refractivity contribution in [3.05, 3.63) is 122 Å². The molecule has 0 atom stereocenters. The highest BCUT2D eigenvalue weighted by atomic mass is 35.5. The minimum Gasteiger partial charge on any atom is -0.249 e. The number of halogens is 3. The fraction of sp³-hybridized carbons (Fsp3) is 0. The molecule has 0 spiro atoms. The van der Waals surface area contributed by atoms with Gasteiger partial charge in [-0.15, -0.1) is 0 Å². The molecule has 4 nitrogen and oxygen atoms in total. The van der Waals surface area contributed by atoms with Gasteiger partial charge in [0.25, 0.3) is 0 Å². The van der Waals surface area contributed by atoms with Gasteiger partial charge < -0.3 is 0 Å². The monoisotopic (exact) mass is 486 g/mol. The molecule has 158 valence electrons. The first-order valence-electron chi connectivity index (χ1n) is 10.1. The number of rotatable bonds is 1. The molecule has 7 heteroatoms. The van der Waals surface area contributed by atoms with Crippen molar-refractivity contribution < 1.29 is 0 Å². The van der Waals surface area contributed by atoms with Gasteiger partial charge in [0.15, 0.2) is 0 Å². The van der Waals surface area contributed by atoms with Crippen LogP contribution in [0.1, 0.15) is 5.56 Å². The highest BCUT2D eigenvalue weighted by Gasteiger charge is 2.21. The molecule has 0 N–H and O–H groups in total. The van der Waals surface area contributed by atoms with Gasteiger partial charge >= 0.3 is 0 Å². The van der Waals surface area contributed by atoms with Crippen LogP contribution in [0.4, 0.5) is 0 Å². The van der Waals surface area contributed by atoms with E-state index in [0.29, 0.717) is 15.1 Å². The number of hydrogen-bond acceptors (Lipinski definition) is 4. The second-order valence-corrected chi connectivity index (χ2v) is 8.83. The Morgan fingerprint density at radius 1 is 0.485 bits per heavy atom. The number of benzene rings is 1. The Hall–Kier alpha value is -3.31.